The second kappa shape index (κ2) is 9.28. The van der Waals surface area contributed by atoms with Crippen LogP contribution in [0.4, 0.5) is 0 Å². The maximum atomic E-state index is 12.2. The van der Waals surface area contributed by atoms with E-state index in [1.54, 1.807) is 18.7 Å². The molecule has 0 saturated carbocycles. The number of thioether (sulfide) groups is 1. The lowest BCUT2D eigenvalue weighted by Gasteiger charge is -2.39. The Morgan fingerprint density at radius 2 is 2.10 bits per heavy atom. The summed E-state index contributed by atoms with van der Waals surface area (Å²) in [6.45, 7) is 9.10. The van der Waals surface area contributed by atoms with Gasteiger partial charge in [0.05, 0.1) is 0 Å². The highest BCUT2D eigenvalue weighted by Crippen LogP contribution is 2.24. The molecule has 120 valence electrons. The second-order valence-corrected chi connectivity index (χ2v) is 9.06. The molecule has 6 heteroatoms. The highest BCUT2D eigenvalue weighted by atomic mass is 32.2. The molecule has 0 spiro atoms. The number of nitrogens with one attached hydrogen (secondary N) is 1. The first-order chi connectivity index (χ1) is 9.53. The van der Waals surface area contributed by atoms with E-state index >= 15 is 0 Å². The highest BCUT2D eigenvalue weighted by molar-refractivity contribution is 8.01. The van der Waals surface area contributed by atoms with E-state index in [1.165, 1.54) is 0 Å². The van der Waals surface area contributed by atoms with Crippen LogP contribution in [0.5, 0.6) is 0 Å². The van der Waals surface area contributed by atoms with E-state index in [0.29, 0.717) is 6.04 Å². The SMILES string of the molecule is CCCNCCCC(C)N1CCSCC1S(=O)(=O)CC. The van der Waals surface area contributed by atoms with Crippen molar-refractivity contribution >= 4 is 21.6 Å². The van der Waals surface area contributed by atoms with Crippen LogP contribution in [-0.4, -0.2) is 61.6 Å². The minimum absolute atomic E-state index is 0.250. The second-order valence-electron chi connectivity index (χ2n) is 5.46. The summed E-state index contributed by atoms with van der Waals surface area (Å²) < 4.78 is 24.4. The molecular weight excluding hydrogens is 292 g/mol. The fraction of sp³-hybridized carbons (Fsp3) is 1.00. The first-order valence-electron chi connectivity index (χ1n) is 7.78. The maximum Gasteiger partial charge on any atom is 0.166 e. The molecule has 0 aromatic heterocycles. The van der Waals surface area contributed by atoms with Crippen molar-refractivity contribution in [1.29, 1.82) is 0 Å². The minimum atomic E-state index is -2.97. The molecule has 1 rings (SSSR count). The number of rotatable bonds is 9. The Labute approximate surface area is 129 Å². The third kappa shape index (κ3) is 5.54. The molecule has 2 atom stereocenters. The molecule has 20 heavy (non-hydrogen) atoms. The molecule has 1 N–H and O–H groups in total. The molecule has 0 aliphatic carbocycles. The van der Waals surface area contributed by atoms with Crippen molar-refractivity contribution in [1.82, 2.24) is 10.2 Å². The first kappa shape index (κ1) is 18.3. The van der Waals surface area contributed by atoms with Crippen LogP contribution in [0.2, 0.25) is 0 Å². The number of hydrogen-bond acceptors (Lipinski definition) is 5. The Balaban J connectivity index is 2.48. The van der Waals surface area contributed by atoms with Gasteiger partial charge < -0.3 is 5.32 Å². The van der Waals surface area contributed by atoms with Crippen molar-refractivity contribution in [3.05, 3.63) is 0 Å². The van der Waals surface area contributed by atoms with Gasteiger partial charge in [0.2, 0.25) is 0 Å². The standard InChI is InChI=1S/C14H30N2O2S2/c1-4-8-15-9-6-7-13(3)16-10-11-19-12-14(16)20(17,18)5-2/h13-15H,4-12H2,1-3H3. The van der Waals surface area contributed by atoms with E-state index in [-0.39, 0.29) is 11.1 Å². The van der Waals surface area contributed by atoms with Crippen molar-refractivity contribution in [3.63, 3.8) is 0 Å². The monoisotopic (exact) mass is 322 g/mol. The third-order valence-electron chi connectivity index (χ3n) is 3.91. The Morgan fingerprint density at radius 1 is 1.35 bits per heavy atom. The molecule has 0 aromatic rings. The van der Waals surface area contributed by atoms with Crippen molar-refractivity contribution < 1.29 is 8.42 Å². The Bertz CT molecular complexity index is 360. The molecule has 0 amide bonds. The van der Waals surface area contributed by atoms with Crippen LogP contribution in [0.15, 0.2) is 0 Å². The van der Waals surface area contributed by atoms with E-state index in [0.717, 1.165) is 50.4 Å². The van der Waals surface area contributed by atoms with Gasteiger partial charge in [-0.3, -0.25) is 4.90 Å². The molecule has 2 unspecified atom stereocenters. The predicted octanol–water partition coefficient (Wildman–Crippen LogP) is 1.96. The number of nitrogens with zero attached hydrogens (tertiary/aromatic N) is 1. The third-order valence-corrected chi connectivity index (χ3v) is 7.21. The summed E-state index contributed by atoms with van der Waals surface area (Å²) in [6.07, 6.45) is 3.34. The molecule has 0 aromatic carbocycles. The molecule has 1 heterocycles. The summed E-state index contributed by atoms with van der Waals surface area (Å²) in [5.41, 5.74) is 0. The van der Waals surface area contributed by atoms with Gasteiger partial charge in [-0.1, -0.05) is 13.8 Å². The number of sulfone groups is 1. The topological polar surface area (TPSA) is 49.4 Å². The van der Waals surface area contributed by atoms with Crippen molar-refractivity contribution in [3.8, 4) is 0 Å². The van der Waals surface area contributed by atoms with Gasteiger partial charge >= 0.3 is 0 Å². The van der Waals surface area contributed by atoms with E-state index in [2.05, 4.69) is 24.1 Å². The lowest BCUT2D eigenvalue weighted by Crippen LogP contribution is -2.51. The smallest absolute Gasteiger partial charge is 0.166 e. The fourth-order valence-electron chi connectivity index (χ4n) is 2.59. The summed E-state index contributed by atoms with van der Waals surface area (Å²) in [4.78, 5) is 2.22. The summed E-state index contributed by atoms with van der Waals surface area (Å²) >= 11 is 1.77. The van der Waals surface area contributed by atoms with Crippen LogP contribution in [0.25, 0.3) is 0 Å². The van der Waals surface area contributed by atoms with Gasteiger partial charge in [0.25, 0.3) is 0 Å². The molecule has 0 bridgehead atoms. The Morgan fingerprint density at radius 3 is 2.75 bits per heavy atom. The van der Waals surface area contributed by atoms with Gasteiger partial charge in [0.15, 0.2) is 9.84 Å². The maximum absolute atomic E-state index is 12.2. The molecule has 1 aliphatic rings. The summed E-state index contributed by atoms with van der Waals surface area (Å²) in [5, 5.41) is 3.13. The fourth-order valence-corrected chi connectivity index (χ4v) is 5.72. The van der Waals surface area contributed by atoms with Crippen LogP contribution in [0, 0.1) is 0 Å². The van der Waals surface area contributed by atoms with Crippen LogP contribution >= 0.6 is 11.8 Å². The lowest BCUT2D eigenvalue weighted by atomic mass is 10.1. The average molecular weight is 323 g/mol. The molecule has 4 nitrogen and oxygen atoms in total. The van der Waals surface area contributed by atoms with E-state index in [1.807, 2.05) is 0 Å². The molecule has 0 radical (unpaired) electrons. The zero-order chi connectivity index (χ0) is 15.0. The zero-order valence-corrected chi connectivity index (χ0v) is 14.7. The molecule has 1 fully saturated rings. The van der Waals surface area contributed by atoms with Gasteiger partial charge in [-0.05, 0) is 39.3 Å². The van der Waals surface area contributed by atoms with Gasteiger partial charge in [-0.25, -0.2) is 8.42 Å². The first-order valence-corrected chi connectivity index (χ1v) is 10.7. The van der Waals surface area contributed by atoms with Crippen LogP contribution in [0.1, 0.15) is 40.0 Å². The Kier molecular flexibility index (Phi) is 8.48. The normalized spacial score (nSPS) is 22.9. The summed E-state index contributed by atoms with van der Waals surface area (Å²) in [5.74, 6) is 2.03. The lowest BCUT2D eigenvalue weighted by molar-refractivity contribution is 0.193. The van der Waals surface area contributed by atoms with E-state index in [9.17, 15) is 8.42 Å². The summed E-state index contributed by atoms with van der Waals surface area (Å²) in [7, 11) is -2.97. The van der Waals surface area contributed by atoms with Gasteiger partial charge in [-0.2, -0.15) is 11.8 Å². The molecule has 1 saturated heterocycles. The van der Waals surface area contributed by atoms with Gasteiger partial charge in [0, 0.05) is 29.8 Å². The van der Waals surface area contributed by atoms with Gasteiger partial charge in [0.1, 0.15) is 5.37 Å². The van der Waals surface area contributed by atoms with Gasteiger partial charge in [-0.15, -0.1) is 0 Å². The molecular formula is C14H30N2O2S2. The van der Waals surface area contributed by atoms with Crippen molar-refractivity contribution in [2.75, 3.05) is 36.9 Å². The van der Waals surface area contributed by atoms with Crippen molar-refractivity contribution in [2.45, 2.75) is 51.4 Å². The van der Waals surface area contributed by atoms with Crippen molar-refractivity contribution in [2.24, 2.45) is 0 Å². The summed E-state index contributed by atoms with van der Waals surface area (Å²) in [6, 6.07) is 0.352. The predicted molar refractivity (Wildman–Crippen MR) is 89.1 cm³/mol. The zero-order valence-electron chi connectivity index (χ0n) is 13.1. The van der Waals surface area contributed by atoms with Crippen LogP contribution in [0.3, 0.4) is 0 Å². The van der Waals surface area contributed by atoms with E-state index in [4.69, 9.17) is 0 Å². The largest absolute Gasteiger partial charge is 0.317 e. The Hall–Kier alpha value is 0.220. The average Bonchev–Trinajstić information content (AvgIpc) is 2.47. The van der Waals surface area contributed by atoms with E-state index < -0.39 is 9.84 Å². The minimum Gasteiger partial charge on any atom is -0.317 e. The van der Waals surface area contributed by atoms with Crippen LogP contribution in [-0.2, 0) is 9.84 Å². The highest BCUT2D eigenvalue weighted by Gasteiger charge is 2.34. The quantitative estimate of drug-likeness (QED) is 0.658. The van der Waals surface area contributed by atoms with Crippen LogP contribution < -0.4 is 5.32 Å². The molecule has 1 aliphatic heterocycles. The number of hydrogen-bond donors (Lipinski definition) is 1.